The monoisotopic (exact) mass is 221 g/mol. The van der Waals surface area contributed by atoms with Gasteiger partial charge < -0.3 is 5.21 Å². The first-order valence-corrected chi connectivity index (χ1v) is 5.92. The molecule has 1 aliphatic rings. The molecule has 0 heterocycles. The van der Waals surface area contributed by atoms with Crippen molar-refractivity contribution in [2.24, 2.45) is 22.4 Å². The minimum atomic E-state index is 0.229. The van der Waals surface area contributed by atoms with E-state index < -0.39 is 0 Å². The van der Waals surface area contributed by atoms with E-state index in [2.05, 4.69) is 38.6 Å². The molecule has 0 saturated heterocycles. The van der Waals surface area contributed by atoms with Crippen LogP contribution in [-0.4, -0.2) is 11.4 Å². The van der Waals surface area contributed by atoms with Gasteiger partial charge in [-0.2, -0.15) is 0 Å². The predicted molar refractivity (Wildman–Crippen MR) is 68.8 cm³/mol. The van der Waals surface area contributed by atoms with Crippen molar-refractivity contribution in [2.75, 3.05) is 0 Å². The Morgan fingerprint density at radius 1 is 1.75 bits per heavy atom. The van der Waals surface area contributed by atoms with Gasteiger partial charge in [0.1, 0.15) is 0 Å². The molecule has 0 fully saturated rings. The summed E-state index contributed by atoms with van der Waals surface area (Å²) >= 11 is 0. The molecular weight excluding hydrogens is 198 g/mol. The van der Waals surface area contributed by atoms with Crippen LogP contribution in [0, 0.1) is 17.3 Å². The van der Waals surface area contributed by atoms with Gasteiger partial charge in [0.15, 0.2) is 0 Å². The lowest BCUT2D eigenvalue weighted by atomic mass is 9.73. The van der Waals surface area contributed by atoms with Gasteiger partial charge in [-0.05, 0) is 37.0 Å². The summed E-state index contributed by atoms with van der Waals surface area (Å²) in [5.41, 5.74) is 2.96. The minimum Gasteiger partial charge on any atom is -0.411 e. The second kappa shape index (κ2) is 4.86. The largest absolute Gasteiger partial charge is 0.411 e. The Bertz CT molecular complexity index is 326. The third-order valence-corrected chi connectivity index (χ3v) is 3.95. The normalized spacial score (nSPS) is 25.8. The Morgan fingerprint density at radius 2 is 2.38 bits per heavy atom. The van der Waals surface area contributed by atoms with E-state index >= 15 is 0 Å². The average molecular weight is 221 g/mol. The van der Waals surface area contributed by atoms with Gasteiger partial charge >= 0.3 is 0 Å². The highest BCUT2D eigenvalue weighted by Gasteiger charge is 2.36. The molecule has 1 aliphatic carbocycles. The lowest BCUT2D eigenvalue weighted by Gasteiger charge is -2.32. The van der Waals surface area contributed by atoms with Gasteiger partial charge in [0, 0.05) is 6.21 Å². The molecule has 0 aromatic carbocycles. The summed E-state index contributed by atoms with van der Waals surface area (Å²) in [6.07, 6.45) is 5.90. The highest BCUT2D eigenvalue weighted by Crippen LogP contribution is 2.47. The van der Waals surface area contributed by atoms with Crippen molar-refractivity contribution in [1.82, 2.24) is 0 Å². The molecule has 1 rings (SSSR count). The van der Waals surface area contributed by atoms with Gasteiger partial charge in [-0.25, -0.2) is 0 Å². The molecule has 0 spiro atoms. The number of hydrogen-bond donors (Lipinski definition) is 1. The summed E-state index contributed by atoms with van der Waals surface area (Å²) in [5.74, 6) is 0.788. The minimum absolute atomic E-state index is 0.229. The smallest absolute Gasteiger partial charge is 0.0467 e. The molecule has 0 radical (unpaired) electrons. The molecular formula is C14H23NO. The van der Waals surface area contributed by atoms with Crippen LogP contribution in [0.25, 0.3) is 0 Å². The average Bonchev–Trinajstić information content (AvgIpc) is 2.42. The van der Waals surface area contributed by atoms with Crippen LogP contribution in [0.2, 0.25) is 0 Å². The molecule has 16 heavy (non-hydrogen) atoms. The van der Waals surface area contributed by atoms with Crippen LogP contribution in [0.4, 0.5) is 0 Å². The van der Waals surface area contributed by atoms with Crippen molar-refractivity contribution in [3.8, 4) is 0 Å². The third kappa shape index (κ3) is 2.55. The molecule has 1 N–H and O–H groups in total. The quantitative estimate of drug-likeness (QED) is 0.331. The van der Waals surface area contributed by atoms with Gasteiger partial charge in [0.25, 0.3) is 0 Å². The molecule has 2 unspecified atom stereocenters. The van der Waals surface area contributed by atoms with Crippen molar-refractivity contribution in [3.63, 3.8) is 0 Å². The summed E-state index contributed by atoms with van der Waals surface area (Å²) < 4.78 is 0. The van der Waals surface area contributed by atoms with Crippen molar-refractivity contribution < 1.29 is 5.21 Å². The van der Waals surface area contributed by atoms with Crippen molar-refractivity contribution in [2.45, 2.75) is 40.5 Å². The molecule has 0 saturated carbocycles. The van der Waals surface area contributed by atoms with E-state index in [0.29, 0.717) is 5.92 Å². The van der Waals surface area contributed by atoms with Gasteiger partial charge in [-0.15, -0.1) is 5.16 Å². The Kier molecular flexibility index (Phi) is 3.95. The SMILES string of the molecule is C=C(CC(C)/C=N/O)C1CC=C(C)C1(C)C. The molecule has 2 nitrogen and oxygen atoms in total. The number of nitrogens with zero attached hydrogens (tertiary/aromatic N) is 1. The molecule has 0 aliphatic heterocycles. The zero-order valence-electron chi connectivity index (χ0n) is 10.8. The fraction of sp³-hybridized carbons (Fsp3) is 0.643. The summed E-state index contributed by atoms with van der Waals surface area (Å²) in [7, 11) is 0. The molecule has 90 valence electrons. The van der Waals surface area contributed by atoms with Crippen LogP contribution in [0.15, 0.2) is 29.0 Å². The topological polar surface area (TPSA) is 32.6 Å². The third-order valence-electron chi connectivity index (χ3n) is 3.95. The number of hydrogen-bond acceptors (Lipinski definition) is 2. The predicted octanol–water partition coefficient (Wildman–Crippen LogP) is 4.02. The first-order chi connectivity index (χ1) is 7.39. The van der Waals surface area contributed by atoms with E-state index in [-0.39, 0.29) is 11.3 Å². The van der Waals surface area contributed by atoms with E-state index in [1.165, 1.54) is 11.1 Å². The molecule has 2 atom stereocenters. The summed E-state index contributed by atoms with van der Waals surface area (Å²) in [6, 6.07) is 0. The number of oxime groups is 1. The van der Waals surface area contributed by atoms with Crippen molar-refractivity contribution >= 4 is 6.21 Å². The lowest BCUT2D eigenvalue weighted by molar-refractivity contribution is 0.315. The Balaban J connectivity index is 2.64. The second-order valence-corrected chi connectivity index (χ2v) is 5.50. The molecule has 0 bridgehead atoms. The fourth-order valence-electron chi connectivity index (χ4n) is 2.53. The summed E-state index contributed by atoms with van der Waals surface area (Å²) in [6.45, 7) is 13.0. The maximum atomic E-state index is 8.49. The van der Waals surface area contributed by atoms with E-state index in [0.717, 1.165) is 12.8 Å². The van der Waals surface area contributed by atoms with Crippen molar-refractivity contribution in [3.05, 3.63) is 23.8 Å². The molecule has 0 amide bonds. The summed E-state index contributed by atoms with van der Waals surface area (Å²) in [4.78, 5) is 0. The van der Waals surface area contributed by atoms with Crippen molar-refractivity contribution in [1.29, 1.82) is 0 Å². The van der Waals surface area contributed by atoms with Crippen LogP contribution >= 0.6 is 0 Å². The number of rotatable bonds is 4. The van der Waals surface area contributed by atoms with Crippen LogP contribution in [0.5, 0.6) is 0 Å². The van der Waals surface area contributed by atoms with E-state index in [1.54, 1.807) is 6.21 Å². The van der Waals surface area contributed by atoms with E-state index in [1.807, 2.05) is 6.92 Å². The van der Waals surface area contributed by atoms with Crippen LogP contribution in [0.3, 0.4) is 0 Å². The molecule has 0 aromatic heterocycles. The van der Waals surface area contributed by atoms with Crippen LogP contribution in [-0.2, 0) is 0 Å². The Labute approximate surface area is 98.7 Å². The van der Waals surface area contributed by atoms with E-state index in [4.69, 9.17) is 5.21 Å². The first-order valence-electron chi connectivity index (χ1n) is 5.92. The fourth-order valence-corrected chi connectivity index (χ4v) is 2.53. The zero-order valence-corrected chi connectivity index (χ0v) is 10.8. The van der Waals surface area contributed by atoms with Gasteiger partial charge in [-0.1, -0.05) is 44.6 Å². The zero-order chi connectivity index (χ0) is 12.3. The summed E-state index contributed by atoms with van der Waals surface area (Å²) in [5, 5.41) is 11.6. The maximum Gasteiger partial charge on any atom is 0.0467 e. The standard InChI is InChI=1S/C14H23NO/c1-10(9-15-16)8-11(2)13-7-6-12(3)14(13,4)5/h6,9-10,13,16H,2,7-8H2,1,3-5H3/b15-9+. The number of allylic oxidation sites excluding steroid dienone is 3. The Morgan fingerprint density at radius 3 is 2.81 bits per heavy atom. The first kappa shape index (κ1) is 13.0. The molecule has 0 aromatic rings. The lowest BCUT2D eigenvalue weighted by Crippen LogP contribution is -2.22. The molecule has 2 heteroatoms. The van der Waals surface area contributed by atoms with E-state index in [9.17, 15) is 0 Å². The highest BCUT2D eigenvalue weighted by atomic mass is 16.4. The van der Waals surface area contributed by atoms with Gasteiger partial charge in [0.2, 0.25) is 0 Å². The Hall–Kier alpha value is -1.05. The van der Waals surface area contributed by atoms with Crippen LogP contribution in [0.1, 0.15) is 40.5 Å². The second-order valence-electron chi connectivity index (χ2n) is 5.50. The van der Waals surface area contributed by atoms with Crippen LogP contribution < -0.4 is 0 Å². The van der Waals surface area contributed by atoms with Gasteiger partial charge in [0.05, 0.1) is 0 Å². The van der Waals surface area contributed by atoms with Gasteiger partial charge in [-0.3, -0.25) is 0 Å². The highest BCUT2D eigenvalue weighted by molar-refractivity contribution is 5.59. The maximum absolute atomic E-state index is 8.49.